The van der Waals surface area contributed by atoms with Crippen LogP contribution < -0.4 is 11.0 Å². The van der Waals surface area contributed by atoms with Gasteiger partial charge >= 0.3 is 0 Å². The number of nitrogens with zero attached hydrogens (tertiary/aromatic N) is 3. The minimum atomic E-state index is -0.136. The van der Waals surface area contributed by atoms with Crippen LogP contribution >= 0.6 is 0 Å². The van der Waals surface area contributed by atoms with Gasteiger partial charge in [-0.2, -0.15) is 0 Å². The lowest BCUT2D eigenvalue weighted by Crippen LogP contribution is -2.40. The van der Waals surface area contributed by atoms with Crippen molar-refractivity contribution < 1.29 is 4.74 Å². The first-order chi connectivity index (χ1) is 13.3. The molecule has 136 valence electrons. The van der Waals surface area contributed by atoms with E-state index >= 15 is 0 Å². The number of hydrazine groups is 1. The summed E-state index contributed by atoms with van der Waals surface area (Å²) in [7, 11) is 0. The molecule has 0 spiro atoms. The van der Waals surface area contributed by atoms with Gasteiger partial charge in [0.1, 0.15) is 0 Å². The zero-order valence-electron chi connectivity index (χ0n) is 14.7. The highest BCUT2D eigenvalue weighted by Gasteiger charge is 2.16. The normalized spacial score (nSPS) is 15.4. The summed E-state index contributed by atoms with van der Waals surface area (Å²) in [5.41, 5.74) is 6.58. The summed E-state index contributed by atoms with van der Waals surface area (Å²) in [4.78, 5) is 20.8. The minimum Gasteiger partial charge on any atom is -0.379 e. The van der Waals surface area contributed by atoms with Crippen molar-refractivity contribution in [2.24, 2.45) is 0 Å². The Bertz CT molecular complexity index is 1140. The highest BCUT2D eigenvalue weighted by molar-refractivity contribution is 5.92. The summed E-state index contributed by atoms with van der Waals surface area (Å²) in [5.74, 6) is 0.523. The Morgan fingerprint density at radius 3 is 2.67 bits per heavy atom. The monoisotopic (exact) mass is 361 g/mol. The minimum absolute atomic E-state index is 0.136. The van der Waals surface area contributed by atoms with E-state index in [1.165, 1.54) is 0 Å². The number of pyridine rings is 1. The molecule has 0 unspecified atom stereocenters. The molecule has 3 heterocycles. The number of rotatable bonds is 3. The molecule has 2 N–H and O–H groups in total. The molecule has 0 atom stereocenters. The molecule has 0 saturated carbocycles. The second-order valence-corrected chi connectivity index (χ2v) is 6.54. The third kappa shape index (κ3) is 2.87. The fourth-order valence-electron chi connectivity index (χ4n) is 3.48. The first-order valence-corrected chi connectivity index (χ1v) is 8.99. The number of anilines is 1. The van der Waals surface area contributed by atoms with Crippen molar-refractivity contribution in [1.29, 1.82) is 0 Å². The summed E-state index contributed by atoms with van der Waals surface area (Å²) in [6.07, 6.45) is 0. The van der Waals surface area contributed by atoms with Crippen LogP contribution in [0.4, 0.5) is 5.69 Å². The van der Waals surface area contributed by atoms with Gasteiger partial charge in [-0.05, 0) is 18.2 Å². The molecule has 7 heteroatoms. The standard InChI is InChI=1S/C20H19N5O2/c26-19-13-17(23-24-9-11-27-12-10-24)14-5-1-4-8-18(14)25(19)20-21-15-6-2-3-7-16(15)22-20/h1-8,13,23H,9-12H2,(H,21,22). The second kappa shape index (κ2) is 6.53. The number of morpholine rings is 1. The van der Waals surface area contributed by atoms with Crippen LogP contribution in [0.5, 0.6) is 0 Å². The third-order valence-corrected chi connectivity index (χ3v) is 4.80. The molecule has 1 aliphatic rings. The van der Waals surface area contributed by atoms with E-state index in [4.69, 9.17) is 4.74 Å². The number of ether oxygens (including phenoxy) is 1. The lowest BCUT2D eigenvalue weighted by Gasteiger charge is -2.28. The Kier molecular flexibility index (Phi) is 3.88. The Morgan fingerprint density at radius 2 is 1.81 bits per heavy atom. The average Bonchev–Trinajstić information content (AvgIpc) is 3.12. The van der Waals surface area contributed by atoms with Gasteiger partial charge in [0, 0.05) is 24.5 Å². The number of para-hydroxylation sites is 3. The number of imidazole rings is 1. The zero-order chi connectivity index (χ0) is 18.2. The number of aromatic amines is 1. The predicted octanol–water partition coefficient (Wildman–Crippen LogP) is 2.53. The number of aromatic nitrogens is 3. The Morgan fingerprint density at radius 1 is 1.04 bits per heavy atom. The second-order valence-electron chi connectivity index (χ2n) is 6.54. The SMILES string of the molecule is O=c1cc(NN2CCOCC2)c2ccccc2n1-c1nc2ccccc2[nH]1. The maximum absolute atomic E-state index is 13.0. The van der Waals surface area contributed by atoms with E-state index in [1.807, 2.05) is 48.5 Å². The number of nitrogens with one attached hydrogen (secondary N) is 2. The van der Waals surface area contributed by atoms with Crippen LogP contribution in [0.1, 0.15) is 0 Å². The summed E-state index contributed by atoms with van der Waals surface area (Å²) in [6, 6.07) is 17.2. The van der Waals surface area contributed by atoms with Crippen molar-refractivity contribution in [1.82, 2.24) is 19.5 Å². The summed E-state index contributed by atoms with van der Waals surface area (Å²) < 4.78 is 7.02. The number of benzene rings is 2. The Hall–Kier alpha value is -3.16. The van der Waals surface area contributed by atoms with Crippen molar-refractivity contribution >= 4 is 27.6 Å². The molecule has 1 fully saturated rings. The third-order valence-electron chi connectivity index (χ3n) is 4.80. The van der Waals surface area contributed by atoms with Crippen molar-refractivity contribution in [3.8, 4) is 5.95 Å². The van der Waals surface area contributed by atoms with E-state index in [0.29, 0.717) is 19.2 Å². The molecular weight excluding hydrogens is 342 g/mol. The highest BCUT2D eigenvalue weighted by Crippen LogP contribution is 2.24. The molecule has 7 nitrogen and oxygen atoms in total. The van der Waals surface area contributed by atoms with E-state index in [0.717, 1.165) is 40.7 Å². The molecule has 0 radical (unpaired) electrons. The molecule has 0 bridgehead atoms. The van der Waals surface area contributed by atoms with Gasteiger partial charge in [-0.25, -0.2) is 14.6 Å². The van der Waals surface area contributed by atoms with Crippen LogP contribution in [0.3, 0.4) is 0 Å². The molecule has 2 aromatic carbocycles. The van der Waals surface area contributed by atoms with Crippen LogP contribution in [0, 0.1) is 0 Å². The van der Waals surface area contributed by atoms with Gasteiger partial charge in [-0.3, -0.25) is 4.79 Å². The lowest BCUT2D eigenvalue weighted by atomic mass is 10.2. The Labute approximate surface area is 155 Å². The number of hydrogen-bond acceptors (Lipinski definition) is 5. The number of H-pyrrole nitrogens is 1. The predicted molar refractivity (Wildman–Crippen MR) is 105 cm³/mol. The van der Waals surface area contributed by atoms with Crippen molar-refractivity contribution in [2.75, 3.05) is 31.7 Å². The van der Waals surface area contributed by atoms with Crippen molar-refractivity contribution in [3.05, 3.63) is 65.0 Å². The van der Waals surface area contributed by atoms with E-state index < -0.39 is 0 Å². The van der Waals surface area contributed by atoms with Crippen LogP contribution in [0.15, 0.2) is 59.4 Å². The van der Waals surface area contributed by atoms with Gasteiger partial charge in [0.15, 0.2) is 0 Å². The van der Waals surface area contributed by atoms with Crippen LogP contribution in [-0.4, -0.2) is 45.8 Å². The summed E-state index contributed by atoms with van der Waals surface area (Å²) in [5, 5.41) is 3.04. The number of hydrogen-bond donors (Lipinski definition) is 2. The first-order valence-electron chi connectivity index (χ1n) is 8.99. The molecule has 2 aromatic heterocycles. The van der Waals surface area contributed by atoms with Gasteiger partial charge in [0.25, 0.3) is 5.56 Å². The van der Waals surface area contributed by atoms with E-state index in [-0.39, 0.29) is 5.56 Å². The molecule has 27 heavy (non-hydrogen) atoms. The molecule has 1 saturated heterocycles. The van der Waals surface area contributed by atoms with Crippen LogP contribution in [-0.2, 0) is 4.74 Å². The van der Waals surface area contributed by atoms with Crippen molar-refractivity contribution in [2.45, 2.75) is 0 Å². The summed E-state index contributed by atoms with van der Waals surface area (Å²) >= 11 is 0. The van der Waals surface area contributed by atoms with Crippen LogP contribution in [0.2, 0.25) is 0 Å². The average molecular weight is 361 g/mol. The smallest absolute Gasteiger partial charge is 0.260 e. The van der Waals surface area contributed by atoms with E-state index in [9.17, 15) is 4.79 Å². The quantitative estimate of drug-likeness (QED) is 0.586. The van der Waals surface area contributed by atoms with Crippen LogP contribution in [0.25, 0.3) is 27.9 Å². The summed E-state index contributed by atoms with van der Waals surface area (Å²) in [6.45, 7) is 2.92. The maximum Gasteiger partial charge on any atom is 0.260 e. The molecule has 4 aromatic rings. The van der Waals surface area contributed by atoms with E-state index in [1.54, 1.807) is 10.6 Å². The molecule has 0 aliphatic carbocycles. The first kappa shape index (κ1) is 16.0. The van der Waals surface area contributed by atoms with Gasteiger partial charge < -0.3 is 15.1 Å². The van der Waals surface area contributed by atoms with Gasteiger partial charge in [-0.15, -0.1) is 0 Å². The van der Waals surface area contributed by atoms with Crippen molar-refractivity contribution in [3.63, 3.8) is 0 Å². The van der Waals surface area contributed by atoms with Gasteiger partial charge in [0.2, 0.25) is 5.95 Å². The number of fused-ring (bicyclic) bond motifs is 2. The largest absolute Gasteiger partial charge is 0.379 e. The maximum atomic E-state index is 13.0. The molecular formula is C20H19N5O2. The zero-order valence-corrected chi connectivity index (χ0v) is 14.7. The van der Waals surface area contributed by atoms with Gasteiger partial charge in [0.05, 0.1) is 35.5 Å². The lowest BCUT2D eigenvalue weighted by molar-refractivity contribution is 0.0497. The van der Waals surface area contributed by atoms with E-state index in [2.05, 4.69) is 20.4 Å². The van der Waals surface area contributed by atoms with Gasteiger partial charge in [-0.1, -0.05) is 30.3 Å². The fourth-order valence-corrected chi connectivity index (χ4v) is 3.48. The fraction of sp³-hybridized carbons (Fsp3) is 0.200. The molecule has 1 aliphatic heterocycles. The molecule has 5 rings (SSSR count). The topological polar surface area (TPSA) is 75.2 Å². The highest BCUT2D eigenvalue weighted by atomic mass is 16.5. The molecule has 0 amide bonds. The Balaban J connectivity index is 1.66.